The fourth-order valence-corrected chi connectivity index (χ4v) is 1.68. The van der Waals surface area contributed by atoms with Crippen LogP contribution in [0.3, 0.4) is 0 Å². The predicted molar refractivity (Wildman–Crippen MR) is 59.2 cm³/mol. The summed E-state index contributed by atoms with van der Waals surface area (Å²) in [6, 6.07) is 5.90. The Hall–Kier alpha value is -0.670. The molecule has 0 atom stereocenters. The highest BCUT2D eigenvalue weighted by Gasteiger charge is 2.01. The van der Waals surface area contributed by atoms with Crippen molar-refractivity contribution in [2.45, 2.75) is 20.0 Å². The molecule has 3 heteroatoms. The van der Waals surface area contributed by atoms with Crippen LogP contribution in [-0.2, 0) is 22.6 Å². The highest BCUT2D eigenvalue weighted by molar-refractivity contribution is 9.10. The second-order valence-corrected chi connectivity index (χ2v) is 3.79. The van der Waals surface area contributed by atoms with E-state index in [4.69, 9.17) is 4.74 Å². The summed E-state index contributed by atoms with van der Waals surface area (Å²) in [5.74, 6) is 0. The Labute approximate surface area is 92.4 Å². The molecule has 14 heavy (non-hydrogen) atoms. The minimum Gasteiger partial charge on any atom is -0.377 e. The van der Waals surface area contributed by atoms with Gasteiger partial charge in [0.25, 0.3) is 0 Å². The molecule has 76 valence electrons. The van der Waals surface area contributed by atoms with Crippen molar-refractivity contribution in [3.63, 3.8) is 0 Å². The summed E-state index contributed by atoms with van der Waals surface area (Å²) in [5, 5.41) is 0. The van der Waals surface area contributed by atoms with Crippen molar-refractivity contribution < 1.29 is 9.53 Å². The zero-order valence-electron chi connectivity index (χ0n) is 8.13. The number of hydrogen-bond acceptors (Lipinski definition) is 2. The molecule has 0 aliphatic rings. The second kappa shape index (κ2) is 5.94. The average Bonchev–Trinajstić information content (AvgIpc) is 2.17. The summed E-state index contributed by atoms with van der Waals surface area (Å²) >= 11 is 3.45. The summed E-state index contributed by atoms with van der Waals surface area (Å²) in [5.41, 5.74) is 2.13. The van der Waals surface area contributed by atoms with Crippen LogP contribution in [0.25, 0.3) is 0 Å². The van der Waals surface area contributed by atoms with Crippen LogP contribution in [0.4, 0.5) is 0 Å². The first-order chi connectivity index (χ1) is 6.77. The minimum absolute atomic E-state index is 0.466. The summed E-state index contributed by atoms with van der Waals surface area (Å²) in [7, 11) is 0. The molecule has 2 nitrogen and oxygen atoms in total. The summed E-state index contributed by atoms with van der Waals surface area (Å²) < 4.78 is 6.31. The normalized spacial score (nSPS) is 10.1. The number of hydrogen-bond donors (Lipinski definition) is 0. The van der Waals surface area contributed by atoms with Gasteiger partial charge in [-0.1, -0.05) is 28.1 Å². The Bertz CT molecular complexity index is 310. The van der Waals surface area contributed by atoms with E-state index in [1.54, 1.807) is 0 Å². The smallest absolute Gasteiger partial charge is 0.124 e. The van der Waals surface area contributed by atoms with E-state index in [2.05, 4.69) is 15.9 Å². The number of carbonyl (C=O) groups excluding carboxylic acids is 1. The minimum atomic E-state index is 0.466. The van der Waals surface area contributed by atoms with Crippen LogP contribution < -0.4 is 0 Å². The molecule has 0 radical (unpaired) electrons. The fraction of sp³-hybridized carbons (Fsp3) is 0.364. The van der Waals surface area contributed by atoms with Crippen molar-refractivity contribution in [1.29, 1.82) is 0 Å². The Morgan fingerprint density at radius 3 is 2.86 bits per heavy atom. The third-order valence-corrected chi connectivity index (χ3v) is 2.64. The van der Waals surface area contributed by atoms with E-state index in [0.717, 1.165) is 21.9 Å². The molecular formula is C11H13BrO2. The molecule has 1 rings (SSSR count). The van der Waals surface area contributed by atoms with Gasteiger partial charge in [-0.3, -0.25) is 0 Å². The van der Waals surface area contributed by atoms with Gasteiger partial charge in [0.05, 0.1) is 6.61 Å². The van der Waals surface area contributed by atoms with Gasteiger partial charge < -0.3 is 9.53 Å². The van der Waals surface area contributed by atoms with Crippen LogP contribution in [0.5, 0.6) is 0 Å². The molecule has 0 unspecified atom stereocenters. The first-order valence-corrected chi connectivity index (χ1v) is 5.36. The molecule has 0 aliphatic carbocycles. The maximum absolute atomic E-state index is 10.3. The molecule has 0 bridgehead atoms. The van der Waals surface area contributed by atoms with E-state index in [-0.39, 0.29) is 0 Å². The zero-order valence-corrected chi connectivity index (χ0v) is 9.71. The van der Waals surface area contributed by atoms with E-state index in [9.17, 15) is 4.79 Å². The maximum atomic E-state index is 10.3. The van der Waals surface area contributed by atoms with Crippen LogP contribution >= 0.6 is 15.9 Å². The van der Waals surface area contributed by atoms with E-state index in [1.807, 2.05) is 25.1 Å². The maximum Gasteiger partial charge on any atom is 0.124 e. The third-order valence-electron chi connectivity index (χ3n) is 1.90. The van der Waals surface area contributed by atoms with Crippen LogP contribution in [-0.4, -0.2) is 12.9 Å². The van der Waals surface area contributed by atoms with E-state index < -0.39 is 0 Å². The van der Waals surface area contributed by atoms with Crippen LogP contribution in [0, 0.1) is 0 Å². The molecule has 1 aromatic rings. The number of rotatable bonds is 5. The van der Waals surface area contributed by atoms with E-state index in [1.165, 1.54) is 0 Å². The van der Waals surface area contributed by atoms with Crippen LogP contribution in [0.15, 0.2) is 22.7 Å². The number of aldehydes is 1. The highest BCUT2D eigenvalue weighted by Crippen LogP contribution is 2.19. The summed E-state index contributed by atoms with van der Waals surface area (Å²) in [6.07, 6.45) is 1.37. The Kier molecular flexibility index (Phi) is 4.84. The molecule has 0 heterocycles. The molecule has 0 amide bonds. The number of halogens is 1. The topological polar surface area (TPSA) is 26.3 Å². The SMILES string of the molecule is CCOCc1ccc(CC=O)cc1Br. The van der Waals surface area contributed by atoms with Crippen LogP contribution in [0.1, 0.15) is 18.1 Å². The van der Waals surface area contributed by atoms with Gasteiger partial charge in [0.1, 0.15) is 6.29 Å². The van der Waals surface area contributed by atoms with Crippen molar-refractivity contribution in [2.24, 2.45) is 0 Å². The lowest BCUT2D eigenvalue weighted by molar-refractivity contribution is -0.107. The van der Waals surface area contributed by atoms with Crippen molar-refractivity contribution in [3.8, 4) is 0 Å². The van der Waals surface area contributed by atoms with Gasteiger partial charge in [0, 0.05) is 17.5 Å². The molecule has 0 fully saturated rings. The number of carbonyl (C=O) groups is 1. The summed E-state index contributed by atoms with van der Waals surface area (Å²) in [4.78, 5) is 10.3. The third kappa shape index (κ3) is 3.24. The van der Waals surface area contributed by atoms with Crippen molar-refractivity contribution in [3.05, 3.63) is 33.8 Å². The lowest BCUT2D eigenvalue weighted by atomic mass is 10.1. The molecule has 0 N–H and O–H groups in total. The first kappa shape index (κ1) is 11.4. The van der Waals surface area contributed by atoms with Gasteiger partial charge in [-0.25, -0.2) is 0 Å². The number of benzene rings is 1. The molecule has 0 spiro atoms. The second-order valence-electron chi connectivity index (χ2n) is 2.93. The molecule has 0 saturated carbocycles. The Morgan fingerprint density at radius 1 is 1.50 bits per heavy atom. The highest BCUT2D eigenvalue weighted by atomic mass is 79.9. The van der Waals surface area contributed by atoms with Crippen molar-refractivity contribution in [1.82, 2.24) is 0 Å². The molecule has 0 aromatic heterocycles. The predicted octanol–water partition coefficient (Wildman–Crippen LogP) is 2.73. The van der Waals surface area contributed by atoms with E-state index in [0.29, 0.717) is 19.6 Å². The molecule has 0 aliphatic heterocycles. The molecule has 0 saturated heterocycles. The fourth-order valence-electron chi connectivity index (χ4n) is 1.14. The lowest BCUT2D eigenvalue weighted by Gasteiger charge is -2.05. The average molecular weight is 257 g/mol. The van der Waals surface area contributed by atoms with Crippen molar-refractivity contribution in [2.75, 3.05) is 6.61 Å². The summed E-state index contributed by atoms with van der Waals surface area (Å²) in [6.45, 7) is 3.29. The Balaban J connectivity index is 2.73. The van der Waals surface area contributed by atoms with Gasteiger partial charge in [0.2, 0.25) is 0 Å². The monoisotopic (exact) mass is 256 g/mol. The van der Waals surface area contributed by atoms with Gasteiger partial charge in [0.15, 0.2) is 0 Å². The van der Waals surface area contributed by atoms with E-state index >= 15 is 0 Å². The standard InChI is InChI=1S/C11H13BrO2/c1-2-14-8-10-4-3-9(5-6-13)7-11(10)12/h3-4,6-7H,2,5,8H2,1H3. The largest absolute Gasteiger partial charge is 0.377 e. The van der Waals surface area contributed by atoms with Gasteiger partial charge in [-0.05, 0) is 24.1 Å². The van der Waals surface area contributed by atoms with Gasteiger partial charge in [-0.15, -0.1) is 0 Å². The zero-order chi connectivity index (χ0) is 10.4. The molecule has 1 aromatic carbocycles. The van der Waals surface area contributed by atoms with Crippen LogP contribution in [0.2, 0.25) is 0 Å². The lowest BCUT2D eigenvalue weighted by Crippen LogP contribution is -1.94. The van der Waals surface area contributed by atoms with Crippen molar-refractivity contribution >= 4 is 22.2 Å². The van der Waals surface area contributed by atoms with Gasteiger partial charge >= 0.3 is 0 Å². The van der Waals surface area contributed by atoms with Gasteiger partial charge in [-0.2, -0.15) is 0 Å². The number of ether oxygens (including phenoxy) is 1. The molecular weight excluding hydrogens is 244 g/mol. The first-order valence-electron chi connectivity index (χ1n) is 4.56. The quantitative estimate of drug-likeness (QED) is 0.758. The Morgan fingerprint density at radius 2 is 2.29 bits per heavy atom.